The lowest BCUT2D eigenvalue weighted by molar-refractivity contribution is -0.116. The van der Waals surface area contributed by atoms with Crippen molar-refractivity contribution >= 4 is 11.6 Å². The number of aliphatic hydroxyl groups excluding tert-OH is 1. The van der Waals surface area contributed by atoms with Crippen molar-refractivity contribution in [1.82, 2.24) is 0 Å². The summed E-state index contributed by atoms with van der Waals surface area (Å²) in [4.78, 5) is 11.7. The molecular weight excluding hydrogens is 214 g/mol. The van der Waals surface area contributed by atoms with E-state index in [1.54, 1.807) is 0 Å². The molecule has 0 radical (unpaired) electrons. The molecule has 3 heteroatoms. The fourth-order valence-electron chi connectivity index (χ4n) is 1.62. The molecule has 1 fully saturated rings. The van der Waals surface area contributed by atoms with Crippen molar-refractivity contribution in [2.24, 2.45) is 5.92 Å². The first-order chi connectivity index (χ1) is 8.29. The van der Waals surface area contributed by atoms with Crippen LogP contribution in [0, 0.1) is 17.8 Å². The Kier molecular flexibility index (Phi) is 3.79. The molecule has 0 aromatic heterocycles. The van der Waals surface area contributed by atoms with E-state index in [4.69, 9.17) is 5.11 Å². The van der Waals surface area contributed by atoms with Crippen molar-refractivity contribution in [3.8, 4) is 11.8 Å². The molecule has 1 aliphatic rings. The second kappa shape index (κ2) is 5.51. The van der Waals surface area contributed by atoms with Gasteiger partial charge < -0.3 is 10.4 Å². The molecule has 3 nitrogen and oxygen atoms in total. The zero-order chi connectivity index (χ0) is 12.1. The molecule has 1 aromatic carbocycles. The van der Waals surface area contributed by atoms with Gasteiger partial charge in [-0.25, -0.2) is 0 Å². The molecular formula is C14H15NO2. The van der Waals surface area contributed by atoms with Crippen LogP contribution in [0.25, 0.3) is 0 Å². The smallest absolute Gasteiger partial charge is 0.224 e. The predicted molar refractivity (Wildman–Crippen MR) is 66.4 cm³/mol. The molecule has 0 saturated heterocycles. The predicted octanol–water partition coefficient (Wildman–Crippen LogP) is 1.77. The van der Waals surface area contributed by atoms with Crippen LogP contribution in [-0.4, -0.2) is 17.6 Å². The molecule has 1 amide bonds. The van der Waals surface area contributed by atoms with Gasteiger partial charge in [0.05, 0.1) is 5.69 Å². The number of aliphatic hydroxyl groups is 1. The number of hydrogen-bond donors (Lipinski definition) is 2. The van der Waals surface area contributed by atoms with Crippen molar-refractivity contribution in [3.05, 3.63) is 29.8 Å². The van der Waals surface area contributed by atoms with Gasteiger partial charge in [-0.1, -0.05) is 24.0 Å². The van der Waals surface area contributed by atoms with Gasteiger partial charge in [0.1, 0.15) is 6.61 Å². The number of anilines is 1. The Bertz CT molecular complexity index is 467. The van der Waals surface area contributed by atoms with Gasteiger partial charge in [0.15, 0.2) is 0 Å². The largest absolute Gasteiger partial charge is 0.384 e. The Hall–Kier alpha value is -1.79. The molecule has 0 unspecified atom stereocenters. The zero-order valence-electron chi connectivity index (χ0n) is 9.57. The Balaban J connectivity index is 2.05. The average Bonchev–Trinajstić information content (AvgIpc) is 3.11. The Morgan fingerprint density at radius 1 is 1.41 bits per heavy atom. The van der Waals surface area contributed by atoms with Crippen LogP contribution in [-0.2, 0) is 4.79 Å². The molecule has 0 spiro atoms. The number of benzene rings is 1. The van der Waals surface area contributed by atoms with E-state index in [1.165, 1.54) is 12.8 Å². The Morgan fingerprint density at radius 3 is 2.88 bits per heavy atom. The van der Waals surface area contributed by atoms with Crippen LogP contribution in [0.4, 0.5) is 5.69 Å². The highest BCUT2D eigenvalue weighted by atomic mass is 16.2. The minimum atomic E-state index is -0.176. The van der Waals surface area contributed by atoms with Crippen LogP contribution < -0.4 is 5.32 Å². The molecule has 2 rings (SSSR count). The van der Waals surface area contributed by atoms with Crippen LogP contribution in [0.5, 0.6) is 0 Å². The number of nitrogens with one attached hydrogen (secondary N) is 1. The summed E-state index contributed by atoms with van der Waals surface area (Å²) in [6.07, 6.45) is 2.93. The third-order valence-electron chi connectivity index (χ3n) is 2.67. The van der Waals surface area contributed by atoms with Gasteiger partial charge in [-0.05, 0) is 30.9 Å². The molecule has 88 valence electrons. The first-order valence-corrected chi connectivity index (χ1v) is 5.78. The quantitative estimate of drug-likeness (QED) is 0.776. The van der Waals surface area contributed by atoms with Gasteiger partial charge in [0.25, 0.3) is 0 Å². The first-order valence-electron chi connectivity index (χ1n) is 5.78. The second-order valence-electron chi connectivity index (χ2n) is 4.20. The van der Waals surface area contributed by atoms with E-state index >= 15 is 0 Å². The van der Waals surface area contributed by atoms with Gasteiger partial charge in [-0.15, -0.1) is 0 Å². The third kappa shape index (κ3) is 3.61. The van der Waals surface area contributed by atoms with Crippen LogP contribution in [0.15, 0.2) is 24.3 Å². The van der Waals surface area contributed by atoms with E-state index in [2.05, 4.69) is 17.2 Å². The molecule has 1 saturated carbocycles. The highest BCUT2D eigenvalue weighted by Crippen LogP contribution is 2.32. The SMILES string of the molecule is O=C(CC1CC1)Nc1ccccc1C#CCO. The summed E-state index contributed by atoms with van der Waals surface area (Å²) < 4.78 is 0. The summed E-state index contributed by atoms with van der Waals surface area (Å²) in [6.45, 7) is -0.176. The monoisotopic (exact) mass is 229 g/mol. The number of rotatable bonds is 3. The molecule has 17 heavy (non-hydrogen) atoms. The first kappa shape index (κ1) is 11.7. The van der Waals surface area contributed by atoms with E-state index < -0.39 is 0 Å². The molecule has 1 aliphatic carbocycles. The average molecular weight is 229 g/mol. The van der Waals surface area contributed by atoms with Gasteiger partial charge in [-0.3, -0.25) is 4.79 Å². The summed E-state index contributed by atoms with van der Waals surface area (Å²) in [5.41, 5.74) is 1.46. The van der Waals surface area contributed by atoms with Gasteiger partial charge in [-0.2, -0.15) is 0 Å². The Morgan fingerprint density at radius 2 is 2.18 bits per heavy atom. The standard InChI is InChI=1S/C14H15NO2/c16-9-3-5-12-4-1-2-6-13(12)15-14(17)10-11-7-8-11/h1-2,4,6,11,16H,7-10H2,(H,15,17). The molecule has 0 bridgehead atoms. The molecule has 2 N–H and O–H groups in total. The summed E-state index contributed by atoms with van der Waals surface area (Å²) in [7, 11) is 0. The molecule has 0 aliphatic heterocycles. The Labute approximate surface area is 101 Å². The van der Waals surface area contributed by atoms with Crippen molar-refractivity contribution in [2.75, 3.05) is 11.9 Å². The summed E-state index contributed by atoms with van der Waals surface area (Å²) in [5, 5.41) is 11.5. The minimum absolute atomic E-state index is 0.0470. The number of carbonyl (C=O) groups excluding carboxylic acids is 1. The van der Waals surface area contributed by atoms with Crippen molar-refractivity contribution < 1.29 is 9.90 Å². The number of carbonyl (C=O) groups is 1. The highest BCUT2D eigenvalue weighted by molar-refractivity contribution is 5.92. The number of amides is 1. The highest BCUT2D eigenvalue weighted by Gasteiger charge is 2.24. The van der Waals surface area contributed by atoms with Crippen LogP contribution in [0.3, 0.4) is 0 Å². The fourth-order valence-corrected chi connectivity index (χ4v) is 1.62. The van der Waals surface area contributed by atoms with E-state index in [9.17, 15) is 4.79 Å². The van der Waals surface area contributed by atoms with Crippen LogP contribution in [0.2, 0.25) is 0 Å². The fraction of sp³-hybridized carbons (Fsp3) is 0.357. The molecule has 0 atom stereocenters. The van der Waals surface area contributed by atoms with E-state index in [0.717, 1.165) is 11.3 Å². The molecule has 1 aromatic rings. The summed E-state index contributed by atoms with van der Waals surface area (Å²) >= 11 is 0. The van der Waals surface area contributed by atoms with Crippen molar-refractivity contribution in [3.63, 3.8) is 0 Å². The topological polar surface area (TPSA) is 49.3 Å². The maximum absolute atomic E-state index is 11.7. The van der Waals surface area contributed by atoms with E-state index in [1.807, 2.05) is 24.3 Å². The van der Waals surface area contributed by atoms with E-state index in [0.29, 0.717) is 12.3 Å². The molecule has 0 heterocycles. The lowest BCUT2D eigenvalue weighted by Gasteiger charge is -2.06. The van der Waals surface area contributed by atoms with Gasteiger partial charge in [0, 0.05) is 12.0 Å². The minimum Gasteiger partial charge on any atom is -0.384 e. The van der Waals surface area contributed by atoms with Crippen LogP contribution in [0.1, 0.15) is 24.8 Å². The zero-order valence-corrected chi connectivity index (χ0v) is 9.57. The van der Waals surface area contributed by atoms with Gasteiger partial charge in [0.2, 0.25) is 5.91 Å². The second-order valence-corrected chi connectivity index (χ2v) is 4.20. The number of para-hydroxylation sites is 1. The normalized spacial score (nSPS) is 13.7. The maximum atomic E-state index is 11.7. The van der Waals surface area contributed by atoms with Crippen molar-refractivity contribution in [2.45, 2.75) is 19.3 Å². The summed E-state index contributed by atoms with van der Waals surface area (Å²) in [6, 6.07) is 7.37. The van der Waals surface area contributed by atoms with Crippen LogP contribution >= 0.6 is 0 Å². The van der Waals surface area contributed by atoms with Gasteiger partial charge >= 0.3 is 0 Å². The van der Waals surface area contributed by atoms with Crippen molar-refractivity contribution in [1.29, 1.82) is 0 Å². The third-order valence-corrected chi connectivity index (χ3v) is 2.67. The summed E-state index contributed by atoms with van der Waals surface area (Å²) in [5.74, 6) is 6.03. The number of hydrogen-bond acceptors (Lipinski definition) is 2. The lowest BCUT2D eigenvalue weighted by Crippen LogP contribution is -2.12. The van der Waals surface area contributed by atoms with E-state index in [-0.39, 0.29) is 12.5 Å². The maximum Gasteiger partial charge on any atom is 0.224 e. The lowest BCUT2D eigenvalue weighted by atomic mass is 10.1.